The number of hydrogen-bond acceptors (Lipinski definition) is 4. The van der Waals surface area contributed by atoms with Crippen LogP contribution in [0.1, 0.15) is 22.9 Å². The SMILES string of the molecule is Cc1ccsc1CN(C)C(=O)CN1C(=O)N[C@](C)(c2cc(F)ccc2F)C1=O. The molecule has 0 saturated carbocycles. The highest BCUT2D eigenvalue weighted by Gasteiger charge is 2.51. The molecule has 2 heterocycles. The maximum Gasteiger partial charge on any atom is 0.325 e. The highest BCUT2D eigenvalue weighted by molar-refractivity contribution is 7.10. The molecule has 6 nitrogen and oxygen atoms in total. The lowest BCUT2D eigenvalue weighted by Crippen LogP contribution is -2.44. The van der Waals surface area contributed by atoms with E-state index >= 15 is 0 Å². The number of nitrogens with one attached hydrogen (secondary N) is 1. The predicted molar refractivity (Wildman–Crippen MR) is 99.5 cm³/mol. The molecule has 1 aromatic heterocycles. The van der Waals surface area contributed by atoms with Crippen LogP contribution in [-0.4, -0.2) is 41.2 Å². The number of imide groups is 1. The number of hydrogen-bond donors (Lipinski definition) is 1. The molecule has 0 radical (unpaired) electrons. The van der Waals surface area contributed by atoms with E-state index in [9.17, 15) is 23.2 Å². The molecule has 2 aromatic rings. The van der Waals surface area contributed by atoms with Gasteiger partial charge in [0.1, 0.15) is 23.7 Å². The zero-order valence-electron chi connectivity index (χ0n) is 15.6. The minimum absolute atomic E-state index is 0.289. The standard InChI is InChI=1S/C19H19F2N3O3S/c1-11-6-7-28-15(11)9-23(3)16(25)10-24-17(26)19(2,22-18(24)27)13-8-12(20)4-5-14(13)21/h4-8H,9-10H2,1-3H3,(H,22,27)/t19-/m1/s1. The van der Waals surface area contributed by atoms with Gasteiger partial charge < -0.3 is 10.2 Å². The molecule has 0 spiro atoms. The lowest BCUT2D eigenvalue weighted by atomic mass is 9.91. The quantitative estimate of drug-likeness (QED) is 0.775. The molecule has 1 aliphatic rings. The van der Waals surface area contributed by atoms with Gasteiger partial charge in [-0.05, 0) is 49.1 Å². The average Bonchev–Trinajstić information content (AvgIpc) is 3.13. The summed E-state index contributed by atoms with van der Waals surface area (Å²) >= 11 is 1.51. The number of likely N-dealkylation sites (N-methyl/N-ethyl adjacent to an activating group) is 1. The number of amides is 4. The van der Waals surface area contributed by atoms with Crippen LogP contribution in [-0.2, 0) is 21.7 Å². The smallest absolute Gasteiger partial charge is 0.325 e. The van der Waals surface area contributed by atoms with Crippen LogP contribution in [0.5, 0.6) is 0 Å². The first-order valence-corrected chi connectivity index (χ1v) is 9.38. The molecule has 148 valence electrons. The van der Waals surface area contributed by atoms with E-state index in [2.05, 4.69) is 5.32 Å². The molecule has 1 atom stereocenters. The molecule has 4 amide bonds. The van der Waals surface area contributed by atoms with Crippen LogP contribution in [0.25, 0.3) is 0 Å². The van der Waals surface area contributed by atoms with Crippen molar-refractivity contribution in [1.29, 1.82) is 0 Å². The van der Waals surface area contributed by atoms with Gasteiger partial charge in [-0.1, -0.05) is 0 Å². The third-order valence-electron chi connectivity index (χ3n) is 4.81. The van der Waals surface area contributed by atoms with Crippen molar-refractivity contribution < 1.29 is 23.2 Å². The maximum absolute atomic E-state index is 14.2. The fourth-order valence-corrected chi connectivity index (χ4v) is 3.99. The van der Waals surface area contributed by atoms with Crippen molar-refractivity contribution >= 4 is 29.2 Å². The molecule has 1 fully saturated rings. The Hall–Kier alpha value is -2.81. The van der Waals surface area contributed by atoms with E-state index < -0.39 is 41.6 Å². The van der Waals surface area contributed by atoms with Gasteiger partial charge >= 0.3 is 6.03 Å². The Morgan fingerprint density at radius 2 is 2.00 bits per heavy atom. The average molecular weight is 407 g/mol. The molecule has 3 rings (SSSR count). The summed E-state index contributed by atoms with van der Waals surface area (Å²) in [4.78, 5) is 40.8. The van der Waals surface area contributed by atoms with E-state index in [0.717, 1.165) is 33.5 Å². The minimum Gasteiger partial charge on any atom is -0.339 e. The molecule has 0 unspecified atom stereocenters. The number of carbonyl (C=O) groups excluding carboxylic acids is 3. The highest BCUT2D eigenvalue weighted by Crippen LogP contribution is 2.31. The first-order valence-electron chi connectivity index (χ1n) is 8.50. The summed E-state index contributed by atoms with van der Waals surface area (Å²) in [6.45, 7) is 3.08. The Balaban J connectivity index is 1.77. The van der Waals surface area contributed by atoms with Crippen molar-refractivity contribution in [2.75, 3.05) is 13.6 Å². The van der Waals surface area contributed by atoms with Crippen LogP contribution < -0.4 is 5.32 Å². The minimum atomic E-state index is -1.79. The zero-order valence-corrected chi connectivity index (χ0v) is 16.4. The number of carbonyl (C=O) groups is 3. The Bertz CT molecular complexity index is 962. The number of aryl methyl sites for hydroxylation is 1. The Kier molecular flexibility index (Phi) is 5.20. The van der Waals surface area contributed by atoms with E-state index in [-0.39, 0.29) is 5.56 Å². The molecule has 1 saturated heterocycles. The first-order chi connectivity index (χ1) is 13.1. The largest absolute Gasteiger partial charge is 0.339 e. The highest BCUT2D eigenvalue weighted by atomic mass is 32.1. The Labute approximate surface area is 164 Å². The van der Waals surface area contributed by atoms with Gasteiger partial charge in [-0.15, -0.1) is 11.3 Å². The molecule has 0 bridgehead atoms. The van der Waals surface area contributed by atoms with Gasteiger partial charge in [-0.25, -0.2) is 13.6 Å². The fourth-order valence-electron chi connectivity index (χ4n) is 3.03. The third-order valence-corrected chi connectivity index (χ3v) is 5.82. The second kappa shape index (κ2) is 7.31. The van der Waals surface area contributed by atoms with Gasteiger partial charge in [0.05, 0.1) is 6.54 Å². The summed E-state index contributed by atoms with van der Waals surface area (Å²) in [5, 5.41) is 4.29. The summed E-state index contributed by atoms with van der Waals surface area (Å²) < 4.78 is 27.7. The fraction of sp³-hybridized carbons (Fsp3) is 0.316. The first kappa shape index (κ1) is 19.9. The number of rotatable bonds is 5. The molecular formula is C19H19F2N3O3S. The van der Waals surface area contributed by atoms with E-state index in [1.807, 2.05) is 18.4 Å². The predicted octanol–water partition coefficient (Wildman–Crippen LogP) is 2.76. The van der Waals surface area contributed by atoms with Gasteiger partial charge in [0.2, 0.25) is 5.91 Å². The summed E-state index contributed by atoms with van der Waals surface area (Å²) in [5.41, 5.74) is -1.02. The number of halogens is 2. The van der Waals surface area contributed by atoms with Crippen molar-refractivity contribution in [1.82, 2.24) is 15.1 Å². The Morgan fingerprint density at radius 1 is 1.29 bits per heavy atom. The Morgan fingerprint density at radius 3 is 2.64 bits per heavy atom. The molecule has 1 aliphatic heterocycles. The van der Waals surface area contributed by atoms with Crippen LogP contribution >= 0.6 is 11.3 Å². The van der Waals surface area contributed by atoms with Crippen LogP contribution in [0.4, 0.5) is 13.6 Å². The van der Waals surface area contributed by atoms with Gasteiger partial charge in [0, 0.05) is 17.5 Å². The van der Waals surface area contributed by atoms with Crippen LogP contribution in [0.15, 0.2) is 29.6 Å². The molecule has 1 aromatic carbocycles. The topological polar surface area (TPSA) is 69.7 Å². The maximum atomic E-state index is 14.2. The van der Waals surface area contributed by atoms with Gasteiger partial charge in [-0.3, -0.25) is 14.5 Å². The van der Waals surface area contributed by atoms with Crippen molar-refractivity contribution in [3.63, 3.8) is 0 Å². The summed E-state index contributed by atoms with van der Waals surface area (Å²) in [6, 6.07) is 3.79. The van der Waals surface area contributed by atoms with Crippen LogP contribution in [0, 0.1) is 18.6 Å². The molecular weight excluding hydrogens is 388 g/mol. The van der Waals surface area contributed by atoms with Crippen molar-refractivity contribution in [2.45, 2.75) is 25.9 Å². The monoisotopic (exact) mass is 407 g/mol. The lowest BCUT2D eigenvalue weighted by Gasteiger charge is -2.23. The van der Waals surface area contributed by atoms with Gasteiger partial charge in [0.15, 0.2) is 0 Å². The lowest BCUT2D eigenvalue weighted by molar-refractivity contribution is -0.138. The third kappa shape index (κ3) is 3.49. The van der Waals surface area contributed by atoms with Crippen LogP contribution in [0.2, 0.25) is 0 Å². The normalized spacial score (nSPS) is 19.1. The van der Waals surface area contributed by atoms with Gasteiger partial charge in [0.25, 0.3) is 5.91 Å². The summed E-state index contributed by atoms with van der Waals surface area (Å²) in [5.74, 6) is -2.81. The van der Waals surface area contributed by atoms with E-state index in [4.69, 9.17) is 0 Å². The van der Waals surface area contributed by atoms with Crippen molar-refractivity contribution in [3.8, 4) is 0 Å². The molecule has 9 heteroatoms. The molecule has 0 aliphatic carbocycles. The zero-order chi connectivity index (χ0) is 20.6. The summed E-state index contributed by atoms with van der Waals surface area (Å²) in [6.07, 6.45) is 0. The van der Waals surface area contributed by atoms with E-state index in [0.29, 0.717) is 6.54 Å². The number of urea groups is 1. The summed E-state index contributed by atoms with van der Waals surface area (Å²) in [7, 11) is 1.57. The molecule has 1 N–H and O–H groups in total. The van der Waals surface area contributed by atoms with Crippen LogP contribution in [0.3, 0.4) is 0 Å². The van der Waals surface area contributed by atoms with Crippen molar-refractivity contribution in [3.05, 3.63) is 57.3 Å². The number of benzene rings is 1. The van der Waals surface area contributed by atoms with Crippen molar-refractivity contribution in [2.24, 2.45) is 0 Å². The second-order valence-electron chi connectivity index (χ2n) is 6.85. The van der Waals surface area contributed by atoms with E-state index in [1.54, 1.807) is 7.05 Å². The molecule has 28 heavy (non-hydrogen) atoms. The van der Waals surface area contributed by atoms with E-state index in [1.165, 1.54) is 23.2 Å². The number of thiophene rings is 1. The second-order valence-corrected chi connectivity index (χ2v) is 7.85. The number of nitrogens with zero attached hydrogens (tertiary/aromatic N) is 2. The van der Waals surface area contributed by atoms with Gasteiger partial charge in [-0.2, -0.15) is 0 Å².